The van der Waals surface area contributed by atoms with Crippen LogP contribution in [-0.2, 0) is 4.79 Å². The van der Waals surface area contributed by atoms with Gasteiger partial charge < -0.3 is 16.0 Å². The normalized spacial score (nSPS) is 11.5. The number of nitrogens with one attached hydrogen (secondary N) is 3. The zero-order valence-electron chi connectivity index (χ0n) is 15.8. The predicted molar refractivity (Wildman–Crippen MR) is 116 cm³/mol. The van der Waals surface area contributed by atoms with E-state index in [0.29, 0.717) is 28.2 Å². The third-order valence-electron chi connectivity index (χ3n) is 3.65. The molecule has 1 heterocycles. The molecule has 0 aliphatic carbocycles. The molecule has 0 unspecified atom stereocenters. The largest absolute Gasteiger partial charge is 0.340 e. The van der Waals surface area contributed by atoms with Gasteiger partial charge in [-0.15, -0.1) is 0 Å². The molecule has 28 heavy (non-hydrogen) atoms. The van der Waals surface area contributed by atoms with E-state index < -0.39 is 0 Å². The molecular weight excluding hydrogens is 374 g/mol. The van der Waals surface area contributed by atoms with Gasteiger partial charge in [0.25, 0.3) is 0 Å². The zero-order chi connectivity index (χ0) is 20.5. The third-order valence-corrected chi connectivity index (χ3v) is 3.98. The Morgan fingerprint density at radius 2 is 1.93 bits per heavy atom. The first kappa shape index (κ1) is 20.9. The highest BCUT2D eigenvalue weighted by molar-refractivity contribution is 6.33. The van der Waals surface area contributed by atoms with Crippen molar-refractivity contribution in [1.29, 1.82) is 0 Å². The Balaban J connectivity index is 2.24. The Labute approximate surface area is 169 Å². The number of hydrogen-bond donors (Lipinski definition) is 3. The summed E-state index contributed by atoms with van der Waals surface area (Å²) in [7, 11) is 0. The highest BCUT2D eigenvalue weighted by Gasteiger charge is 2.07. The Hall–Kier alpha value is -3.38. The molecular formula is C21H22ClN5O. The van der Waals surface area contributed by atoms with Crippen LogP contribution < -0.4 is 16.0 Å². The van der Waals surface area contributed by atoms with Gasteiger partial charge in [-0.3, -0.25) is 4.79 Å². The number of carbonyl (C=O) groups excluding carboxylic acids is 1. The second kappa shape index (κ2) is 10.1. The van der Waals surface area contributed by atoms with Crippen LogP contribution in [0.5, 0.6) is 0 Å². The van der Waals surface area contributed by atoms with Crippen LogP contribution in [0.3, 0.4) is 0 Å². The van der Waals surface area contributed by atoms with Crippen LogP contribution in [0.1, 0.15) is 12.5 Å². The van der Waals surface area contributed by atoms with Gasteiger partial charge in [-0.25, -0.2) is 4.98 Å². The summed E-state index contributed by atoms with van der Waals surface area (Å²) < 4.78 is 0. The van der Waals surface area contributed by atoms with E-state index in [4.69, 9.17) is 11.6 Å². The minimum atomic E-state index is -0.314. The fourth-order valence-corrected chi connectivity index (χ4v) is 2.33. The first-order chi connectivity index (χ1) is 13.5. The summed E-state index contributed by atoms with van der Waals surface area (Å²) in [4.78, 5) is 20.3. The van der Waals surface area contributed by atoms with Crippen molar-refractivity contribution in [3.63, 3.8) is 0 Å². The fourth-order valence-electron chi connectivity index (χ4n) is 2.15. The van der Waals surface area contributed by atoms with Gasteiger partial charge in [0.1, 0.15) is 5.82 Å². The lowest BCUT2D eigenvalue weighted by molar-refractivity contribution is -0.115. The number of rotatable bonds is 8. The molecule has 2 rings (SSSR count). The first-order valence-corrected chi connectivity index (χ1v) is 8.90. The van der Waals surface area contributed by atoms with Gasteiger partial charge in [0, 0.05) is 23.2 Å². The Kier molecular flexibility index (Phi) is 7.54. The maximum atomic E-state index is 11.5. The van der Waals surface area contributed by atoms with Crippen molar-refractivity contribution in [2.24, 2.45) is 0 Å². The van der Waals surface area contributed by atoms with Gasteiger partial charge >= 0.3 is 0 Å². The number of anilines is 3. The maximum absolute atomic E-state index is 11.5. The molecule has 7 heteroatoms. The number of amides is 1. The summed E-state index contributed by atoms with van der Waals surface area (Å²) in [5.74, 6) is 0.711. The highest BCUT2D eigenvalue weighted by Crippen LogP contribution is 2.24. The molecule has 0 bridgehead atoms. The van der Waals surface area contributed by atoms with Crippen LogP contribution >= 0.6 is 11.6 Å². The molecule has 3 N–H and O–H groups in total. The maximum Gasteiger partial charge on any atom is 0.247 e. The molecule has 0 spiro atoms. The van der Waals surface area contributed by atoms with Crippen LogP contribution in [-0.4, -0.2) is 15.9 Å². The monoisotopic (exact) mass is 395 g/mol. The van der Waals surface area contributed by atoms with E-state index >= 15 is 0 Å². The van der Waals surface area contributed by atoms with Crippen molar-refractivity contribution in [3.05, 3.63) is 89.9 Å². The van der Waals surface area contributed by atoms with Gasteiger partial charge in [-0.05, 0) is 44.2 Å². The molecule has 0 fully saturated rings. The molecule has 0 aliphatic rings. The predicted octanol–water partition coefficient (Wildman–Crippen LogP) is 4.87. The summed E-state index contributed by atoms with van der Waals surface area (Å²) in [5, 5.41) is 9.59. The van der Waals surface area contributed by atoms with E-state index in [-0.39, 0.29) is 5.91 Å². The van der Waals surface area contributed by atoms with Crippen LogP contribution in [0.2, 0.25) is 5.02 Å². The molecule has 0 aliphatic heterocycles. The van der Waals surface area contributed by atoms with Crippen molar-refractivity contribution >= 4 is 35.0 Å². The van der Waals surface area contributed by atoms with Crippen LogP contribution in [0, 0.1) is 6.92 Å². The molecule has 1 aromatic heterocycles. The Morgan fingerprint density at radius 3 is 2.57 bits per heavy atom. The lowest BCUT2D eigenvalue weighted by Crippen LogP contribution is -2.19. The van der Waals surface area contributed by atoms with Crippen molar-refractivity contribution in [2.75, 3.05) is 10.6 Å². The van der Waals surface area contributed by atoms with Gasteiger partial charge in [0.15, 0.2) is 0 Å². The number of carbonyl (C=O) groups is 1. The molecule has 144 valence electrons. The summed E-state index contributed by atoms with van der Waals surface area (Å²) in [6.07, 6.45) is 8.05. The molecule has 2 aromatic rings. The number of para-hydroxylation sites is 1. The SMILES string of the molecule is C=CC(=O)N/C(C=C)=C/C(=C\C)Nc1nc(Nc2ccccc2Cl)ncc1C. The molecule has 0 saturated heterocycles. The minimum absolute atomic E-state index is 0.314. The van der Waals surface area contributed by atoms with E-state index in [2.05, 4.69) is 39.1 Å². The van der Waals surface area contributed by atoms with E-state index in [0.717, 1.165) is 11.3 Å². The second-order valence-electron chi connectivity index (χ2n) is 5.70. The molecule has 0 radical (unpaired) electrons. The van der Waals surface area contributed by atoms with Gasteiger partial charge in [0.05, 0.1) is 10.7 Å². The number of aryl methyl sites for hydroxylation is 1. The molecule has 0 saturated carbocycles. The summed E-state index contributed by atoms with van der Waals surface area (Å²) in [6.45, 7) is 10.9. The number of benzene rings is 1. The van der Waals surface area contributed by atoms with Crippen molar-refractivity contribution in [1.82, 2.24) is 15.3 Å². The highest BCUT2D eigenvalue weighted by atomic mass is 35.5. The topological polar surface area (TPSA) is 78.9 Å². The van der Waals surface area contributed by atoms with E-state index in [9.17, 15) is 4.79 Å². The third kappa shape index (κ3) is 5.82. The Morgan fingerprint density at radius 1 is 1.18 bits per heavy atom. The smallest absolute Gasteiger partial charge is 0.247 e. The lowest BCUT2D eigenvalue weighted by Gasteiger charge is -2.13. The zero-order valence-corrected chi connectivity index (χ0v) is 16.5. The van der Waals surface area contributed by atoms with Crippen LogP contribution in [0.25, 0.3) is 0 Å². The standard InChI is InChI=1S/C21H22ClN5O/c1-5-15(24-19(28)7-3)12-16(6-2)25-20-14(4)13-23-21(27-20)26-18-11-9-8-10-17(18)22/h5-13H,1,3H2,2,4H3,(H,24,28)(H2,23,25,26,27)/b15-12+,16-6+. The number of nitrogens with zero attached hydrogens (tertiary/aromatic N) is 2. The van der Waals surface area contributed by atoms with Gasteiger partial charge in [-0.1, -0.05) is 43.0 Å². The average molecular weight is 396 g/mol. The van der Waals surface area contributed by atoms with Crippen molar-refractivity contribution in [2.45, 2.75) is 13.8 Å². The van der Waals surface area contributed by atoms with E-state index in [1.165, 1.54) is 6.08 Å². The van der Waals surface area contributed by atoms with Gasteiger partial charge in [-0.2, -0.15) is 4.98 Å². The molecule has 1 aromatic carbocycles. The number of hydrogen-bond acceptors (Lipinski definition) is 5. The number of aromatic nitrogens is 2. The van der Waals surface area contributed by atoms with Crippen LogP contribution in [0.15, 0.2) is 79.3 Å². The number of allylic oxidation sites excluding steroid dienone is 3. The van der Waals surface area contributed by atoms with Crippen LogP contribution in [0.4, 0.5) is 17.5 Å². The minimum Gasteiger partial charge on any atom is -0.340 e. The van der Waals surface area contributed by atoms with Crippen molar-refractivity contribution in [3.8, 4) is 0 Å². The Bertz CT molecular complexity index is 950. The van der Waals surface area contributed by atoms with Gasteiger partial charge in [0.2, 0.25) is 11.9 Å². The second-order valence-corrected chi connectivity index (χ2v) is 6.10. The first-order valence-electron chi connectivity index (χ1n) is 8.53. The fraction of sp³-hybridized carbons (Fsp3) is 0.0952. The quantitative estimate of drug-likeness (QED) is 0.439. The van der Waals surface area contributed by atoms with E-state index in [1.54, 1.807) is 24.4 Å². The average Bonchev–Trinajstić information content (AvgIpc) is 2.70. The molecule has 1 amide bonds. The molecule has 0 atom stereocenters. The summed E-state index contributed by atoms with van der Waals surface area (Å²) in [6, 6.07) is 7.36. The lowest BCUT2D eigenvalue weighted by atomic mass is 10.2. The summed E-state index contributed by atoms with van der Waals surface area (Å²) in [5.41, 5.74) is 2.83. The number of halogens is 1. The summed E-state index contributed by atoms with van der Waals surface area (Å²) >= 11 is 6.18. The van der Waals surface area contributed by atoms with E-state index in [1.807, 2.05) is 38.1 Å². The van der Waals surface area contributed by atoms with Crippen molar-refractivity contribution < 1.29 is 4.79 Å². The molecule has 6 nitrogen and oxygen atoms in total.